The molecule has 220 valence electrons. The smallest absolute Gasteiger partial charge is 0.137 e. The summed E-state index contributed by atoms with van der Waals surface area (Å²) in [5, 5.41) is 8.50. The number of hydrogen-bond acceptors (Lipinski definition) is 4. The lowest BCUT2D eigenvalue weighted by Gasteiger charge is -2.25. The van der Waals surface area contributed by atoms with Crippen molar-refractivity contribution in [1.82, 2.24) is 4.98 Å². The van der Waals surface area contributed by atoms with E-state index in [0.717, 1.165) is 55.8 Å². The van der Waals surface area contributed by atoms with E-state index in [0.29, 0.717) is 0 Å². The Hall–Kier alpha value is -5.97. The maximum atomic E-state index is 6.28. The largest absolute Gasteiger partial charge is 0.456 e. The normalized spacial score (nSPS) is 11.8. The molecule has 3 heterocycles. The molecule has 0 saturated heterocycles. The van der Waals surface area contributed by atoms with Crippen LogP contribution in [0.15, 0.2) is 162 Å². The third-order valence-corrected chi connectivity index (χ3v) is 10.4. The van der Waals surface area contributed by atoms with Crippen LogP contribution in [0.5, 0.6) is 0 Å². The number of thiophene rings is 1. The maximum absolute atomic E-state index is 6.28. The van der Waals surface area contributed by atoms with E-state index in [1.165, 1.54) is 36.3 Å². The highest BCUT2D eigenvalue weighted by molar-refractivity contribution is 7.26. The zero-order chi connectivity index (χ0) is 30.9. The van der Waals surface area contributed by atoms with Gasteiger partial charge in [0.15, 0.2) is 0 Å². The zero-order valence-electron chi connectivity index (χ0n) is 25.2. The molecule has 0 amide bonds. The van der Waals surface area contributed by atoms with Crippen molar-refractivity contribution in [3.63, 3.8) is 0 Å². The summed E-state index contributed by atoms with van der Waals surface area (Å²) in [6, 6.07) is 55.8. The molecular weight excluding hydrogens is 593 g/mol. The van der Waals surface area contributed by atoms with Crippen LogP contribution in [0.4, 0.5) is 17.1 Å². The average Bonchev–Trinajstić information content (AvgIpc) is 3.70. The molecule has 3 aromatic heterocycles. The molecule has 10 aromatic rings. The summed E-state index contributed by atoms with van der Waals surface area (Å²) < 4.78 is 8.91. The van der Waals surface area contributed by atoms with Gasteiger partial charge in [-0.2, -0.15) is 0 Å². The van der Waals surface area contributed by atoms with Gasteiger partial charge in [-0.25, -0.2) is 4.98 Å². The Balaban J connectivity index is 1.14. The molecule has 0 radical (unpaired) electrons. The maximum Gasteiger partial charge on any atom is 0.137 e. The van der Waals surface area contributed by atoms with Gasteiger partial charge in [-0.15, -0.1) is 11.3 Å². The van der Waals surface area contributed by atoms with Crippen LogP contribution in [0.1, 0.15) is 0 Å². The van der Waals surface area contributed by atoms with Crippen LogP contribution >= 0.6 is 11.3 Å². The fourth-order valence-corrected chi connectivity index (χ4v) is 8.35. The highest BCUT2D eigenvalue weighted by Gasteiger charge is 2.18. The SMILES string of the molecule is c1ccc(N(c2ccc(-c3nc4ccccc4c4c3ccc3c5ccccc5sc34)cc2)c2ccc3c(c2)oc2ccccc23)cc1. The van der Waals surface area contributed by atoms with Crippen molar-refractivity contribution < 1.29 is 4.42 Å². The third-order valence-electron chi connectivity index (χ3n) is 9.24. The Kier molecular flexibility index (Phi) is 5.74. The Morgan fingerprint density at radius 3 is 1.98 bits per heavy atom. The van der Waals surface area contributed by atoms with Gasteiger partial charge < -0.3 is 9.32 Å². The Labute approximate surface area is 274 Å². The molecule has 0 aliphatic heterocycles. The van der Waals surface area contributed by atoms with E-state index in [2.05, 4.69) is 150 Å². The Morgan fingerprint density at radius 2 is 1.11 bits per heavy atom. The molecule has 0 spiro atoms. The number of rotatable bonds is 4. The predicted molar refractivity (Wildman–Crippen MR) is 200 cm³/mol. The van der Waals surface area contributed by atoms with Gasteiger partial charge in [0.2, 0.25) is 0 Å². The second kappa shape index (κ2) is 10.3. The van der Waals surface area contributed by atoms with Gasteiger partial charge in [0.05, 0.1) is 11.2 Å². The van der Waals surface area contributed by atoms with Crippen molar-refractivity contribution in [3.05, 3.63) is 158 Å². The standard InChI is InChI=1S/C43H26N2OS/c1-2-10-28(11-3-1)45(30-22-23-32-31-12-5-8-16-38(31)46-39(32)26-30)29-20-18-27(19-21-29)42-36-25-24-34-33-13-6-9-17-40(33)47-43(34)41(36)35-14-4-7-15-37(35)44-42/h1-26H. The Morgan fingerprint density at radius 1 is 0.468 bits per heavy atom. The van der Waals surface area contributed by atoms with Gasteiger partial charge in [-0.3, -0.25) is 0 Å². The van der Waals surface area contributed by atoms with Crippen LogP contribution in [0.3, 0.4) is 0 Å². The van der Waals surface area contributed by atoms with Gasteiger partial charge in [0.1, 0.15) is 11.2 Å². The highest BCUT2D eigenvalue weighted by Crippen LogP contribution is 2.44. The van der Waals surface area contributed by atoms with Crippen molar-refractivity contribution in [1.29, 1.82) is 0 Å². The second-order valence-electron chi connectivity index (χ2n) is 11.9. The summed E-state index contributed by atoms with van der Waals surface area (Å²) >= 11 is 1.87. The van der Waals surface area contributed by atoms with Crippen LogP contribution in [-0.4, -0.2) is 4.98 Å². The molecule has 0 atom stereocenters. The molecule has 0 bridgehead atoms. The predicted octanol–water partition coefficient (Wildman–Crippen LogP) is 12.8. The van der Waals surface area contributed by atoms with Gasteiger partial charge >= 0.3 is 0 Å². The topological polar surface area (TPSA) is 29.3 Å². The van der Waals surface area contributed by atoms with Crippen molar-refractivity contribution in [2.75, 3.05) is 4.90 Å². The van der Waals surface area contributed by atoms with Crippen LogP contribution in [-0.2, 0) is 0 Å². The minimum Gasteiger partial charge on any atom is -0.456 e. The molecule has 0 saturated carbocycles. The lowest BCUT2D eigenvalue weighted by Crippen LogP contribution is -2.09. The summed E-state index contributed by atoms with van der Waals surface area (Å²) in [6.07, 6.45) is 0. The second-order valence-corrected chi connectivity index (χ2v) is 13.0. The number of para-hydroxylation sites is 3. The zero-order valence-corrected chi connectivity index (χ0v) is 26.0. The molecule has 47 heavy (non-hydrogen) atoms. The summed E-state index contributed by atoms with van der Waals surface area (Å²) in [5.41, 5.74) is 8.06. The quantitative estimate of drug-likeness (QED) is 0.184. The van der Waals surface area contributed by atoms with Crippen molar-refractivity contribution >= 4 is 92.2 Å². The van der Waals surface area contributed by atoms with Crippen molar-refractivity contribution in [2.24, 2.45) is 0 Å². The summed E-state index contributed by atoms with van der Waals surface area (Å²) in [4.78, 5) is 7.54. The van der Waals surface area contributed by atoms with Crippen LogP contribution in [0, 0.1) is 0 Å². The van der Waals surface area contributed by atoms with Crippen LogP contribution in [0.2, 0.25) is 0 Å². The monoisotopic (exact) mass is 618 g/mol. The van der Waals surface area contributed by atoms with Crippen molar-refractivity contribution in [3.8, 4) is 11.3 Å². The van der Waals surface area contributed by atoms with E-state index in [4.69, 9.17) is 9.40 Å². The number of aromatic nitrogens is 1. The number of anilines is 3. The average molecular weight is 619 g/mol. The van der Waals surface area contributed by atoms with E-state index in [9.17, 15) is 0 Å². The minimum absolute atomic E-state index is 0.876. The molecule has 0 fully saturated rings. The molecule has 7 aromatic carbocycles. The number of nitrogens with zero attached hydrogens (tertiary/aromatic N) is 2. The van der Waals surface area contributed by atoms with E-state index in [1.807, 2.05) is 23.5 Å². The number of furan rings is 1. The van der Waals surface area contributed by atoms with Crippen LogP contribution in [0.25, 0.3) is 75.0 Å². The van der Waals surface area contributed by atoms with E-state index in [-0.39, 0.29) is 0 Å². The summed E-state index contributed by atoms with van der Waals surface area (Å²) in [7, 11) is 0. The fraction of sp³-hybridized carbons (Fsp3) is 0. The molecule has 4 heteroatoms. The number of benzene rings is 7. The van der Waals surface area contributed by atoms with E-state index < -0.39 is 0 Å². The first-order valence-corrected chi connectivity index (χ1v) is 16.6. The lowest BCUT2D eigenvalue weighted by atomic mass is 9.98. The van der Waals surface area contributed by atoms with Crippen LogP contribution < -0.4 is 4.90 Å². The van der Waals surface area contributed by atoms with Gasteiger partial charge in [0.25, 0.3) is 0 Å². The molecular formula is C43H26N2OS. The highest BCUT2D eigenvalue weighted by atomic mass is 32.1. The Bertz CT molecular complexity index is 2800. The van der Waals surface area contributed by atoms with Gasteiger partial charge in [-0.05, 0) is 54.6 Å². The van der Waals surface area contributed by atoms with E-state index >= 15 is 0 Å². The number of hydrogen-bond donors (Lipinski definition) is 0. The first kappa shape index (κ1) is 26.3. The van der Waals surface area contributed by atoms with Gasteiger partial charge in [0, 0.05) is 75.8 Å². The minimum atomic E-state index is 0.876. The summed E-state index contributed by atoms with van der Waals surface area (Å²) in [5.74, 6) is 0. The number of fused-ring (bicyclic) bond motifs is 10. The third kappa shape index (κ3) is 4.09. The molecule has 10 rings (SSSR count). The van der Waals surface area contributed by atoms with E-state index in [1.54, 1.807) is 0 Å². The van der Waals surface area contributed by atoms with Crippen molar-refractivity contribution in [2.45, 2.75) is 0 Å². The summed E-state index contributed by atoms with van der Waals surface area (Å²) in [6.45, 7) is 0. The molecule has 3 nitrogen and oxygen atoms in total. The fourth-order valence-electron chi connectivity index (χ4n) is 7.08. The molecule has 0 aliphatic rings. The molecule has 0 aliphatic carbocycles. The van der Waals surface area contributed by atoms with Gasteiger partial charge in [-0.1, -0.05) is 97.1 Å². The number of pyridine rings is 1. The first-order chi connectivity index (χ1) is 23.3. The first-order valence-electron chi connectivity index (χ1n) is 15.8. The molecule has 0 unspecified atom stereocenters. The lowest BCUT2D eigenvalue weighted by molar-refractivity contribution is 0.669. The molecule has 0 N–H and O–H groups in total.